The van der Waals surface area contributed by atoms with Gasteiger partial charge in [-0.25, -0.2) is 9.48 Å². The maximum atomic E-state index is 10.6. The second-order valence-electron chi connectivity index (χ2n) is 7.02. The fourth-order valence-corrected chi connectivity index (χ4v) is 2.83. The van der Waals surface area contributed by atoms with E-state index in [1.807, 2.05) is 18.5 Å². The third-order valence-electron chi connectivity index (χ3n) is 4.08. The Morgan fingerprint density at radius 3 is 2.17 bits per heavy atom. The van der Waals surface area contributed by atoms with Gasteiger partial charge in [-0.3, -0.25) is 10.00 Å². The van der Waals surface area contributed by atoms with Crippen LogP contribution in [0.25, 0.3) is 5.69 Å². The maximum Gasteiger partial charge on any atom is 0.490 e. The minimum absolute atomic E-state index is 0.837. The van der Waals surface area contributed by atoms with E-state index in [4.69, 9.17) is 9.90 Å². The molecular formula is C20H24F3N5O2. The SMILES string of the molecule is Cc1cc(C)n(-c2ccc(CN(C)Cc3cc(C)[nH]n3)cc2)n1.O=C(O)C(F)(F)F. The van der Waals surface area contributed by atoms with Gasteiger partial charge in [0, 0.05) is 24.5 Å². The largest absolute Gasteiger partial charge is 0.490 e. The van der Waals surface area contributed by atoms with Gasteiger partial charge in [-0.1, -0.05) is 12.1 Å². The predicted molar refractivity (Wildman–Crippen MR) is 105 cm³/mol. The van der Waals surface area contributed by atoms with Crippen molar-refractivity contribution in [1.82, 2.24) is 24.9 Å². The van der Waals surface area contributed by atoms with Crippen molar-refractivity contribution in [3.8, 4) is 5.69 Å². The summed E-state index contributed by atoms with van der Waals surface area (Å²) in [6, 6.07) is 12.8. The first kappa shape index (κ1) is 23.1. The van der Waals surface area contributed by atoms with Crippen LogP contribution in [0.4, 0.5) is 13.2 Å². The highest BCUT2D eigenvalue weighted by Crippen LogP contribution is 2.15. The highest BCUT2D eigenvalue weighted by atomic mass is 19.4. The Balaban J connectivity index is 0.000000396. The van der Waals surface area contributed by atoms with E-state index in [1.165, 1.54) is 5.56 Å². The van der Waals surface area contributed by atoms with Gasteiger partial charge in [-0.15, -0.1) is 0 Å². The minimum Gasteiger partial charge on any atom is -0.475 e. The molecule has 2 aromatic heterocycles. The Labute approximate surface area is 172 Å². The number of nitrogens with zero attached hydrogens (tertiary/aromatic N) is 4. The topological polar surface area (TPSA) is 87.0 Å². The fraction of sp³-hybridized carbons (Fsp3) is 0.350. The van der Waals surface area contributed by atoms with E-state index in [9.17, 15) is 13.2 Å². The zero-order valence-electron chi connectivity index (χ0n) is 17.2. The summed E-state index contributed by atoms with van der Waals surface area (Å²) >= 11 is 0. The molecule has 0 aliphatic heterocycles. The fourth-order valence-electron chi connectivity index (χ4n) is 2.83. The number of carboxylic acids is 1. The molecule has 0 saturated heterocycles. The van der Waals surface area contributed by atoms with Crippen molar-refractivity contribution >= 4 is 5.97 Å². The lowest BCUT2D eigenvalue weighted by Gasteiger charge is -2.15. The Morgan fingerprint density at radius 2 is 1.73 bits per heavy atom. The first-order chi connectivity index (χ1) is 14.0. The Morgan fingerprint density at radius 1 is 1.13 bits per heavy atom. The van der Waals surface area contributed by atoms with Crippen LogP contribution in [0.5, 0.6) is 0 Å². The summed E-state index contributed by atoms with van der Waals surface area (Å²) in [7, 11) is 2.11. The molecular weight excluding hydrogens is 399 g/mol. The van der Waals surface area contributed by atoms with Crippen molar-refractivity contribution in [3.05, 3.63) is 64.7 Å². The molecule has 0 spiro atoms. The van der Waals surface area contributed by atoms with Gasteiger partial charge in [0.25, 0.3) is 0 Å². The van der Waals surface area contributed by atoms with Crippen molar-refractivity contribution in [3.63, 3.8) is 0 Å². The highest BCUT2D eigenvalue weighted by molar-refractivity contribution is 5.73. The number of aromatic amines is 1. The number of aliphatic carboxylic acids is 1. The summed E-state index contributed by atoms with van der Waals surface area (Å²) in [5.74, 6) is -2.76. The molecule has 3 aromatic rings. The van der Waals surface area contributed by atoms with Crippen LogP contribution in [0, 0.1) is 20.8 Å². The zero-order chi connectivity index (χ0) is 22.5. The number of benzene rings is 1. The molecule has 0 saturated carbocycles. The van der Waals surface area contributed by atoms with E-state index in [0.29, 0.717) is 0 Å². The number of carboxylic acid groups (broad SMARTS) is 1. The first-order valence-corrected chi connectivity index (χ1v) is 9.08. The standard InChI is InChI=1S/C18H23N5.C2HF3O2/c1-13-10-17(20-19-13)12-22(4)11-16-5-7-18(8-6-16)23-15(3)9-14(2)21-23;3-2(4,5)1(6)7/h5-10H,11-12H2,1-4H3,(H,19,20);(H,6,7). The monoisotopic (exact) mass is 423 g/mol. The normalized spacial score (nSPS) is 11.3. The van der Waals surface area contributed by atoms with Gasteiger partial charge < -0.3 is 5.11 Å². The maximum absolute atomic E-state index is 10.6. The van der Waals surface area contributed by atoms with Crippen LogP contribution in [0.15, 0.2) is 36.4 Å². The molecule has 0 aliphatic carbocycles. The van der Waals surface area contributed by atoms with Crippen LogP contribution in [-0.4, -0.2) is 49.2 Å². The van der Waals surface area contributed by atoms with E-state index in [-0.39, 0.29) is 0 Å². The van der Waals surface area contributed by atoms with Crippen molar-refractivity contribution in [2.24, 2.45) is 0 Å². The molecule has 30 heavy (non-hydrogen) atoms. The second kappa shape index (κ2) is 9.57. The molecule has 0 fully saturated rings. The van der Waals surface area contributed by atoms with Crippen LogP contribution in [0.2, 0.25) is 0 Å². The van der Waals surface area contributed by atoms with Gasteiger partial charge in [0.15, 0.2) is 0 Å². The molecule has 1 aromatic carbocycles. The van der Waals surface area contributed by atoms with Crippen LogP contribution in [0.1, 0.15) is 28.3 Å². The summed E-state index contributed by atoms with van der Waals surface area (Å²) in [6.45, 7) is 7.85. The lowest BCUT2D eigenvalue weighted by molar-refractivity contribution is -0.192. The molecule has 7 nitrogen and oxygen atoms in total. The molecule has 2 N–H and O–H groups in total. The molecule has 0 aliphatic rings. The number of H-pyrrole nitrogens is 1. The Bertz CT molecular complexity index is 977. The van der Waals surface area contributed by atoms with Crippen molar-refractivity contribution < 1.29 is 23.1 Å². The van der Waals surface area contributed by atoms with Crippen molar-refractivity contribution in [2.45, 2.75) is 40.0 Å². The molecule has 162 valence electrons. The Kier molecular flexibility index (Phi) is 7.38. The summed E-state index contributed by atoms with van der Waals surface area (Å²) in [5.41, 5.74) is 6.75. The van der Waals surface area contributed by atoms with E-state index in [2.05, 4.69) is 70.6 Å². The highest BCUT2D eigenvalue weighted by Gasteiger charge is 2.38. The van der Waals surface area contributed by atoms with Crippen LogP contribution in [-0.2, 0) is 17.9 Å². The molecule has 0 atom stereocenters. The van der Waals surface area contributed by atoms with E-state index < -0.39 is 12.1 Å². The third kappa shape index (κ3) is 6.73. The Hall–Kier alpha value is -3.14. The molecule has 10 heteroatoms. The van der Waals surface area contributed by atoms with E-state index in [1.54, 1.807) is 0 Å². The number of alkyl halides is 3. The van der Waals surface area contributed by atoms with Crippen LogP contribution < -0.4 is 0 Å². The molecule has 0 bridgehead atoms. The van der Waals surface area contributed by atoms with Gasteiger partial charge in [-0.05, 0) is 57.6 Å². The number of aryl methyl sites for hydroxylation is 3. The number of nitrogens with one attached hydrogen (secondary N) is 1. The third-order valence-corrected chi connectivity index (χ3v) is 4.08. The average Bonchev–Trinajstić information content (AvgIpc) is 3.19. The zero-order valence-corrected chi connectivity index (χ0v) is 17.2. The van der Waals surface area contributed by atoms with Crippen LogP contribution >= 0.6 is 0 Å². The molecule has 0 radical (unpaired) electrons. The number of rotatable bonds is 5. The smallest absolute Gasteiger partial charge is 0.475 e. The number of halogens is 3. The second-order valence-corrected chi connectivity index (χ2v) is 7.02. The number of hydrogen-bond donors (Lipinski definition) is 2. The molecule has 3 rings (SSSR count). The molecule has 0 unspecified atom stereocenters. The molecule has 2 heterocycles. The quantitative estimate of drug-likeness (QED) is 0.652. The molecule has 0 amide bonds. The van der Waals surface area contributed by atoms with Gasteiger partial charge in [0.05, 0.1) is 17.1 Å². The van der Waals surface area contributed by atoms with Gasteiger partial charge in [-0.2, -0.15) is 23.4 Å². The first-order valence-electron chi connectivity index (χ1n) is 9.08. The lowest BCUT2D eigenvalue weighted by atomic mass is 10.2. The van der Waals surface area contributed by atoms with Crippen molar-refractivity contribution in [2.75, 3.05) is 7.05 Å². The number of carbonyl (C=O) groups is 1. The summed E-state index contributed by atoms with van der Waals surface area (Å²) in [6.07, 6.45) is -5.08. The van der Waals surface area contributed by atoms with Gasteiger partial charge in [0.2, 0.25) is 0 Å². The van der Waals surface area contributed by atoms with Crippen LogP contribution in [0.3, 0.4) is 0 Å². The van der Waals surface area contributed by atoms with E-state index in [0.717, 1.165) is 41.6 Å². The minimum atomic E-state index is -5.08. The summed E-state index contributed by atoms with van der Waals surface area (Å²) in [4.78, 5) is 11.2. The van der Waals surface area contributed by atoms with Crippen molar-refractivity contribution in [1.29, 1.82) is 0 Å². The van der Waals surface area contributed by atoms with Gasteiger partial charge in [0.1, 0.15) is 0 Å². The number of hydrogen-bond acceptors (Lipinski definition) is 4. The lowest BCUT2D eigenvalue weighted by Crippen LogP contribution is -2.21. The predicted octanol–water partition coefficient (Wildman–Crippen LogP) is 3.79. The average molecular weight is 423 g/mol. The summed E-state index contributed by atoms with van der Waals surface area (Å²) in [5, 5.41) is 18.9. The number of aromatic nitrogens is 4. The summed E-state index contributed by atoms with van der Waals surface area (Å²) < 4.78 is 33.7. The van der Waals surface area contributed by atoms with E-state index >= 15 is 0 Å². The van der Waals surface area contributed by atoms with Gasteiger partial charge >= 0.3 is 12.1 Å².